The third-order valence-corrected chi connectivity index (χ3v) is 7.34. The van der Waals surface area contributed by atoms with E-state index in [0.29, 0.717) is 0 Å². The van der Waals surface area contributed by atoms with E-state index in [1.807, 2.05) is 0 Å². The Hall–Kier alpha value is -2.56. The molecule has 0 heterocycles. The van der Waals surface area contributed by atoms with Crippen molar-refractivity contribution < 1.29 is 0 Å². The van der Waals surface area contributed by atoms with Gasteiger partial charge in [-0.25, -0.2) is 0 Å². The van der Waals surface area contributed by atoms with Gasteiger partial charge in [0.05, 0.1) is 0 Å². The summed E-state index contributed by atoms with van der Waals surface area (Å²) in [6.07, 6.45) is 0.868. The normalized spacial score (nSPS) is 10.8. The summed E-state index contributed by atoms with van der Waals surface area (Å²) in [7, 11) is 4.27. The first-order chi connectivity index (χ1) is 16.0. The molecule has 0 saturated heterocycles. The minimum absolute atomic E-state index is 0.868. The molecule has 4 rings (SSSR count). The van der Waals surface area contributed by atoms with E-state index in [1.165, 1.54) is 33.6 Å². The van der Waals surface area contributed by atoms with Gasteiger partial charge in [-0.2, -0.15) is 0 Å². The molecule has 33 heavy (non-hydrogen) atoms. The standard InChI is InChI=1S/C29H28Br2N2/c1-32(20-22-9-5-3-6-10-22)26-15-13-24(28(30)18-26)17-25-14-16-27(19-29(25)31)33(2)21-23-11-7-4-8-12-23/h3-16,18-19H,17,20-21H2,1-2H3. The van der Waals surface area contributed by atoms with Crippen molar-refractivity contribution in [1.82, 2.24) is 0 Å². The van der Waals surface area contributed by atoms with Gasteiger partial charge in [0.15, 0.2) is 0 Å². The molecule has 4 aromatic rings. The number of hydrogen-bond donors (Lipinski definition) is 0. The van der Waals surface area contributed by atoms with Crippen LogP contribution in [0.2, 0.25) is 0 Å². The second-order valence-electron chi connectivity index (χ2n) is 8.41. The molecular formula is C29H28Br2N2. The zero-order valence-electron chi connectivity index (χ0n) is 19.0. The predicted molar refractivity (Wildman–Crippen MR) is 148 cm³/mol. The van der Waals surface area contributed by atoms with Crippen molar-refractivity contribution in [2.45, 2.75) is 19.5 Å². The summed E-state index contributed by atoms with van der Waals surface area (Å²) in [6, 6.07) is 34.4. The van der Waals surface area contributed by atoms with Crippen LogP contribution >= 0.6 is 31.9 Å². The molecular weight excluding hydrogens is 536 g/mol. The molecule has 0 fully saturated rings. The molecule has 0 saturated carbocycles. The average molecular weight is 564 g/mol. The Morgan fingerprint density at radius 2 is 0.939 bits per heavy atom. The fourth-order valence-electron chi connectivity index (χ4n) is 3.94. The molecule has 4 heteroatoms. The Kier molecular flexibility index (Phi) is 7.89. The summed E-state index contributed by atoms with van der Waals surface area (Å²) in [5, 5.41) is 0. The number of hydrogen-bond acceptors (Lipinski definition) is 2. The molecule has 168 valence electrons. The lowest BCUT2D eigenvalue weighted by molar-refractivity contribution is 0.920. The van der Waals surface area contributed by atoms with Crippen molar-refractivity contribution in [2.75, 3.05) is 23.9 Å². The average Bonchev–Trinajstić information content (AvgIpc) is 2.82. The number of benzene rings is 4. The molecule has 0 aliphatic heterocycles. The predicted octanol–water partition coefficient (Wildman–Crippen LogP) is 8.08. The summed E-state index contributed by atoms with van der Waals surface area (Å²) in [6.45, 7) is 1.77. The zero-order chi connectivity index (χ0) is 23.2. The molecule has 4 aromatic carbocycles. The van der Waals surface area contributed by atoms with E-state index in [-0.39, 0.29) is 0 Å². The molecule has 0 bridgehead atoms. The van der Waals surface area contributed by atoms with Crippen LogP contribution in [-0.4, -0.2) is 14.1 Å². The largest absolute Gasteiger partial charge is 0.370 e. The lowest BCUT2D eigenvalue weighted by Crippen LogP contribution is -2.16. The third kappa shape index (κ3) is 6.27. The van der Waals surface area contributed by atoms with Gasteiger partial charge >= 0.3 is 0 Å². The van der Waals surface area contributed by atoms with Crippen LogP contribution in [0.3, 0.4) is 0 Å². The van der Waals surface area contributed by atoms with Gasteiger partial charge in [-0.3, -0.25) is 0 Å². The van der Waals surface area contributed by atoms with Gasteiger partial charge in [0.2, 0.25) is 0 Å². The summed E-state index contributed by atoms with van der Waals surface area (Å²) in [5.41, 5.74) is 7.57. The second-order valence-corrected chi connectivity index (χ2v) is 10.1. The van der Waals surface area contributed by atoms with E-state index in [4.69, 9.17) is 0 Å². The van der Waals surface area contributed by atoms with Gasteiger partial charge in [-0.15, -0.1) is 0 Å². The lowest BCUT2D eigenvalue weighted by atomic mass is 10.0. The highest BCUT2D eigenvalue weighted by molar-refractivity contribution is 9.10. The van der Waals surface area contributed by atoms with Crippen LogP contribution in [0.25, 0.3) is 0 Å². The van der Waals surface area contributed by atoms with Crippen LogP contribution in [0.15, 0.2) is 106 Å². The first kappa shape index (κ1) is 23.6. The first-order valence-electron chi connectivity index (χ1n) is 11.1. The Morgan fingerprint density at radius 3 is 1.30 bits per heavy atom. The summed E-state index contributed by atoms with van der Waals surface area (Å²) in [5.74, 6) is 0. The maximum atomic E-state index is 3.81. The van der Waals surface area contributed by atoms with E-state index < -0.39 is 0 Å². The number of halogens is 2. The van der Waals surface area contributed by atoms with Crippen molar-refractivity contribution in [3.63, 3.8) is 0 Å². The van der Waals surface area contributed by atoms with Gasteiger partial charge in [-0.05, 0) is 52.9 Å². The molecule has 0 aliphatic rings. The summed E-state index contributed by atoms with van der Waals surface area (Å²) in [4.78, 5) is 4.55. The summed E-state index contributed by atoms with van der Waals surface area (Å²) >= 11 is 7.61. The van der Waals surface area contributed by atoms with E-state index in [2.05, 4.69) is 153 Å². The van der Waals surface area contributed by atoms with Gasteiger partial charge in [0.25, 0.3) is 0 Å². The second kappa shape index (κ2) is 11.0. The van der Waals surface area contributed by atoms with Gasteiger partial charge in [0, 0.05) is 47.5 Å². The van der Waals surface area contributed by atoms with Crippen LogP contribution in [0.1, 0.15) is 22.3 Å². The maximum absolute atomic E-state index is 3.81. The first-order valence-corrected chi connectivity index (χ1v) is 12.6. The number of anilines is 2. The highest BCUT2D eigenvalue weighted by Crippen LogP contribution is 2.30. The highest BCUT2D eigenvalue weighted by Gasteiger charge is 2.10. The highest BCUT2D eigenvalue weighted by atomic mass is 79.9. The fourth-order valence-corrected chi connectivity index (χ4v) is 4.95. The molecule has 0 aliphatic carbocycles. The zero-order valence-corrected chi connectivity index (χ0v) is 22.2. The van der Waals surface area contributed by atoms with E-state index in [0.717, 1.165) is 28.5 Å². The Balaban J connectivity index is 1.44. The van der Waals surface area contributed by atoms with Crippen molar-refractivity contribution >= 4 is 43.2 Å². The van der Waals surface area contributed by atoms with Crippen LogP contribution in [-0.2, 0) is 19.5 Å². The third-order valence-electron chi connectivity index (χ3n) is 5.86. The molecule has 2 nitrogen and oxygen atoms in total. The van der Waals surface area contributed by atoms with Crippen molar-refractivity contribution in [3.8, 4) is 0 Å². The van der Waals surface area contributed by atoms with Crippen LogP contribution in [0.5, 0.6) is 0 Å². The Labute approximate surface area is 214 Å². The lowest BCUT2D eigenvalue weighted by Gasteiger charge is -2.21. The SMILES string of the molecule is CN(Cc1ccccc1)c1ccc(Cc2ccc(N(C)Cc3ccccc3)cc2Br)c(Br)c1. The maximum Gasteiger partial charge on any atom is 0.0426 e. The Morgan fingerprint density at radius 1 is 0.545 bits per heavy atom. The molecule has 0 aromatic heterocycles. The van der Waals surface area contributed by atoms with Crippen molar-refractivity contribution in [1.29, 1.82) is 0 Å². The van der Waals surface area contributed by atoms with Crippen LogP contribution < -0.4 is 9.80 Å². The minimum atomic E-state index is 0.868. The van der Waals surface area contributed by atoms with Gasteiger partial charge < -0.3 is 9.80 Å². The molecule has 0 N–H and O–H groups in total. The fraction of sp³-hybridized carbons (Fsp3) is 0.172. The van der Waals surface area contributed by atoms with Gasteiger partial charge in [-0.1, -0.05) is 105 Å². The smallest absolute Gasteiger partial charge is 0.0426 e. The molecule has 0 amide bonds. The molecule has 0 spiro atoms. The van der Waals surface area contributed by atoms with E-state index in [9.17, 15) is 0 Å². The van der Waals surface area contributed by atoms with Crippen LogP contribution in [0, 0.1) is 0 Å². The van der Waals surface area contributed by atoms with Gasteiger partial charge in [0.1, 0.15) is 0 Å². The Bertz CT molecular complexity index is 1100. The van der Waals surface area contributed by atoms with Crippen molar-refractivity contribution in [2.24, 2.45) is 0 Å². The molecule has 0 unspecified atom stereocenters. The monoisotopic (exact) mass is 562 g/mol. The summed E-state index contributed by atoms with van der Waals surface area (Å²) < 4.78 is 2.27. The topological polar surface area (TPSA) is 6.48 Å². The quantitative estimate of drug-likeness (QED) is 0.214. The van der Waals surface area contributed by atoms with Crippen LogP contribution in [0.4, 0.5) is 11.4 Å². The van der Waals surface area contributed by atoms with E-state index >= 15 is 0 Å². The van der Waals surface area contributed by atoms with Crippen molar-refractivity contribution in [3.05, 3.63) is 128 Å². The molecule has 0 atom stereocenters. The molecule has 0 radical (unpaired) electrons. The minimum Gasteiger partial charge on any atom is -0.370 e. The van der Waals surface area contributed by atoms with E-state index in [1.54, 1.807) is 0 Å². The number of nitrogens with zero attached hydrogens (tertiary/aromatic N) is 2. The number of rotatable bonds is 8.